The molecule has 25 heavy (non-hydrogen) atoms. The van der Waals surface area contributed by atoms with Crippen LogP contribution in [0.1, 0.15) is 23.4 Å². The van der Waals surface area contributed by atoms with Gasteiger partial charge in [-0.15, -0.1) is 11.3 Å². The van der Waals surface area contributed by atoms with Gasteiger partial charge >= 0.3 is 0 Å². The van der Waals surface area contributed by atoms with E-state index >= 15 is 0 Å². The minimum atomic E-state index is -0.133. The average Bonchev–Trinajstić information content (AvgIpc) is 3.13. The lowest BCUT2D eigenvalue weighted by atomic mass is 10.00. The number of hydrogen-bond donors (Lipinski definition) is 0. The fraction of sp³-hybridized carbons (Fsp3) is 0.833. The number of thiazole rings is 1. The quantitative estimate of drug-likeness (QED) is 0.804. The summed E-state index contributed by atoms with van der Waals surface area (Å²) in [6.45, 7) is 11.3. The molecule has 0 aliphatic carbocycles. The maximum atomic E-state index is 6.59. The maximum absolute atomic E-state index is 6.59. The molecule has 3 fully saturated rings. The average molecular weight is 368 g/mol. The molecule has 7 heteroatoms. The summed E-state index contributed by atoms with van der Waals surface area (Å²) in [5.74, 6) is 0. The van der Waals surface area contributed by atoms with E-state index in [9.17, 15) is 0 Å². The summed E-state index contributed by atoms with van der Waals surface area (Å²) in [5, 5.41) is 0. The van der Waals surface area contributed by atoms with E-state index in [0.717, 1.165) is 84.2 Å². The van der Waals surface area contributed by atoms with Gasteiger partial charge in [0, 0.05) is 44.1 Å². The van der Waals surface area contributed by atoms with Gasteiger partial charge in [0.1, 0.15) is 5.60 Å². The molecule has 4 heterocycles. The van der Waals surface area contributed by atoms with Gasteiger partial charge < -0.3 is 14.2 Å². The highest BCUT2D eigenvalue weighted by atomic mass is 32.1. The summed E-state index contributed by atoms with van der Waals surface area (Å²) in [4.78, 5) is 10.7. The van der Waals surface area contributed by atoms with Crippen LogP contribution in [0.3, 0.4) is 0 Å². The predicted molar refractivity (Wildman–Crippen MR) is 97.0 cm³/mol. The zero-order valence-corrected chi connectivity index (χ0v) is 15.9. The maximum Gasteiger partial charge on any atom is 0.105 e. The van der Waals surface area contributed by atoms with E-state index in [-0.39, 0.29) is 5.60 Å². The van der Waals surface area contributed by atoms with Crippen molar-refractivity contribution in [3.8, 4) is 0 Å². The summed E-state index contributed by atoms with van der Waals surface area (Å²) >= 11 is 1.75. The molecular formula is C18H29N3O3S. The minimum Gasteiger partial charge on any atom is -0.379 e. The Labute approximate surface area is 154 Å². The topological polar surface area (TPSA) is 47.1 Å². The van der Waals surface area contributed by atoms with Crippen molar-refractivity contribution in [3.63, 3.8) is 0 Å². The molecule has 1 aromatic heterocycles. The predicted octanol–water partition coefficient (Wildman–Crippen LogP) is 1.53. The first-order chi connectivity index (χ1) is 12.2. The van der Waals surface area contributed by atoms with Crippen molar-refractivity contribution in [1.29, 1.82) is 0 Å². The fourth-order valence-corrected chi connectivity index (χ4v) is 4.94. The molecule has 0 saturated carbocycles. The van der Waals surface area contributed by atoms with Crippen molar-refractivity contribution in [2.45, 2.75) is 38.0 Å². The number of hydrogen-bond acceptors (Lipinski definition) is 7. The van der Waals surface area contributed by atoms with Gasteiger partial charge in [0.05, 0.1) is 43.7 Å². The van der Waals surface area contributed by atoms with Crippen LogP contribution in [-0.2, 0) is 20.8 Å². The molecule has 0 radical (unpaired) electrons. The van der Waals surface area contributed by atoms with Crippen molar-refractivity contribution in [1.82, 2.24) is 14.8 Å². The van der Waals surface area contributed by atoms with Crippen molar-refractivity contribution in [2.24, 2.45) is 0 Å². The molecule has 0 N–H and O–H groups in total. The summed E-state index contributed by atoms with van der Waals surface area (Å²) in [6.07, 6.45) is 2.56. The third kappa shape index (κ3) is 4.40. The number of aryl methyl sites for hydroxylation is 1. The normalized spacial score (nSPS) is 32.3. The van der Waals surface area contributed by atoms with Gasteiger partial charge in [0.2, 0.25) is 0 Å². The Balaban J connectivity index is 1.36. The van der Waals surface area contributed by atoms with Crippen molar-refractivity contribution < 1.29 is 14.2 Å². The molecule has 0 amide bonds. The number of morpholine rings is 1. The Morgan fingerprint density at radius 1 is 1.20 bits per heavy atom. The van der Waals surface area contributed by atoms with E-state index in [1.807, 2.05) is 5.51 Å². The highest BCUT2D eigenvalue weighted by Gasteiger charge is 2.43. The van der Waals surface area contributed by atoms with Crippen LogP contribution in [0.15, 0.2) is 5.51 Å². The lowest BCUT2D eigenvalue weighted by Crippen LogP contribution is -2.46. The van der Waals surface area contributed by atoms with Gasteiger partial charge in [0.15, 0.2) is 0 Å². The van der Waals surface area contributed by atoms with Crippen molar-refractivity contribution in [3.05, 3.63) is 16.1 Å². The largest absolute Gasteiger partial charge is 0.379 e. The molecule has 1 spiro atoms. The molecule has 1 aromatic rings. The van der Waals surface area contributed by atoms with Crippen LogP contribution in [0.2, 0.25) is 0 Å². The second-order valence-corrected chi connectivity index (χ2v) is 8.44. The smallest absolute Gasteiger partial charge is 0.105 e. The van der Waals surface area contributed by atoms with E-state index in [2.05, 4.69) is 21.7 Å². The van der Waals surface area contributed by atoms with Crippen LogP contribution in [0.5, 0.6) is 0 Å². The minimum absolute atomic E-state index is 0.133. The molecule has 3 aliphatic rings. The third-order valence-electron chi connectivity index (χ3n) is 5.54. The van der Waals surface area contributed by atoms with Crippen LogP contribution in [0.25, 0.3) is 0 Å². The SMILES string of the molecule is Cc1ncsc1CN1CCOC[C@@]2(CC[C@H](CN3CCOCC3)O2)C1. The molecule has 140 valence electrons. The summed E-state index contributed by atoms with van der Waals surface area (Å²) in [5.41, 5.74) is 2.97. The molecule has 3 aliphatic heterocycles. The second kappa shape index (κ2) is 7.98. The van der Waals surface area contributed by atoms with Gasteiger partial charge in [-0.05, 0) is 19.8 Å². The molecule has 6 nitrogen and oxygen atoms in total. The van der Waals surface area contributed by atoms with E-state index in [0.29, 0.717) is 6.10 Å². The molecule has 4 rings (SSSR count). The molecule has 0 bridgehead atoms. The number of nitrogens with zero attached hydrogens (tertiary/aromatic N) is 3. The Hall–Kier alpha value is -0.570. The van der Waals surface area contributed by atoms with Crippen LogP contribution in [0.4, 0.5) is 0 Å². The van der Waals surface area contributed by atoms with Gasteiger partial charge in [-0.25, -0.2) is 4.98 Å². The zero-order valence-electron chi connectivity index (χ0n) is 15.1. The Morgan fingerprint density at radius 2 is 2.00 bits per heavy atom. The zero-order chi connectivity index (χ0) is 17.1. The van der Waals surface area contributed by atoms with Gasteiger partial charge in [-0.2, -0.15) is 0 Å². The first kappa shape index (κ1) is 17.8. The first-order valence-corrected chi connectivity index (χ1v) is 10.3. The number of aromatic nitrogens is 1. The van der Waals surface area contributed by atoms with E-state index in [1.54, 1.807) is 11.3 Å². The number of rotatable bonds is 4. The van der Waals surface area contributed by atoms with Crippen molar-refractivity contribution >= 4 is 11.3 Å². The monoisotopic (exact) mass is 367 g/mol. The summed E-state index contributed by atoms with van der Waals surface area (Å²) in [6, 6.07) is 0. The van der Waals surface area contributed by atoms with Crippen LogP contribution < -0.4 is 0 Å². The lowest BCUT2D eigenvalue weighted by molar-refractivity contribution is -0.0966. The molecular weight excluding hydrogens is 338 g/mol. The van der Waals surface area contributed by atoms with Gasteiger partial charge in [-0.1, -0.05) is 0 Å². The lowest BCUT2D eigenvalue weighted by Gasteiger charge is -2.33. The summed E-state index contributed by atoms with van der Waals surface area (Å²) < 4.78 is 18.0. The third-order valence-corrected chi connectivity index (χ3v) is 6.46. The van der Waals surface area contributed by atoms with Gasteiger partial charge in [0.25, 0.3) is 0 Å². The Kier molecular flexibility index (Phi) is 5.69. The first-order valence-electron chi connectivity index (χ1n) is 9.39. The highest BCUT2D eigenvalue weighted by molar-refractivity contribution is 7.09. The molecule has 0 unspecified atom stereocenters. The van der Waals surface area contributed by atoms with E-state index < -0.39 is 0 Å². The van der Waals surface area contributed by atoms with Gasteiger partial charge in [-0.3, -0.25) is 9.80 Å². The van der Waals surface area contributed by atoms with E-state index in [4.69, 9.17) is 14.2 Å². The highest BCUT2D eigenvalue weighted by Crippen LogP contribution is 2.34. The fourth-order valence-electron chi connectivity index (χ4n) is 4.12. The van der Waals surface area contributed by atoms with Crippen molar-refractivity contribution in [2.75, 3.05) is 59.2 Å². The number of ether oxygens (including phenoxy) is 3. The molecule has 3 saturated heterocycles. The van der Waals surface area contributed by atoms with Crippen LogP contribution in [-0.4, -0.2) is 85.6 Å². The van der Waals surface area contributed by atoms with Crippen LogP contribution >= 0.6 is 11.3 Å². The summed E-state index contributed by atoms with van der Waals surface area (Å²) in [7, 11) is 0. The standard InChI is InChI=1S/C18H29N3O3S/c1-15-17(25-14-19-15)11-21-6-9-23-13-18(12-21)3-2-16(24-18)10-20-4-7-22-8-5-20/h14,16H,2-13H2,1H3/t16-,18-/m1/s1. The second-order valence-electron chi connectivity index (χ2n) is 7.50. The molecule has 2 atom stereocenters. The van der Waals surface area contributed by atoms with Crippen LogP contribution in [0, 0.1) is 6.92 Å². The Morgan fingerprint density at radius 3 is 2.80 bits per heavy atom. The molecule has 0 aromatic carbocycles. The van der Waals surface area contributed by atoms with E-state index in [1.165, 1.54) is 4.88 Å². The Bertz CT molecular complexity index is 564.